The molecule has 3 heterocycles. The fourth-order valence-corrected chi connectivity index (χ4v) is 4.41. The van der Waals surface area contributed by atoms with Crippen LogP contribution >= 0.6 is 0 Å². The molecular formula is C26H20N8O2. The van der Waals surface area contributed by atoms with Crippen LogP contribution in [0.3, 0.4) is 0 Å². The topological polar surface area (TPSA) is 127 Å². The van der Waals surface area contributed by atoms with E-state index in [1.54, 1.807) is 24.3 Å². The third-order valence-electron chi connectivity index (χ3n) is 6.13. The molecule has 0 saturated heterocycles. The van der Waals surface area contributed by atoms with E-state index in [-0.39, 0.29) is 5.65 Å². The highest BCUT2D eigenvalue weighted by Crippen LogP contribution is 2.30. The van der Waals surface area contributed by atoms with Crippen molar-refractivity contribution in [1.82, 2.24) is 39.7 Å². The zero-order valence-electron chi connectivity index (χ0n) is 19.2. The van der Waals surface area contributed by atoms with Crippen LogP contribution in [0.15, 0.2) is 88.5 Å². The summed E-state index contributed by atoms with van der Waals surface area (Å²) in [7, 11) is 0. The summed E-state index contributed by atoms with van der Waals surface area (Å²) in [5.74, 6) is 1.16. The first-order chi connectivity index (χ1) is 17.6. The molecule has 10 nitrogen and oxygen atoms in total. The zero-order valence-corrected chi connectivity index (χ0v) is 19.2. The Kier molecular flexibility index (Phi) is 5.11. The van der Waals surface area contributed by atoms with Crippen molar-refractivity contribution in [2.75, 3.05) is 0 Å². The van der Waals surface area contributed by atoms with Crippen molar-refractivity contribution >= 4 is 11.2 Å². The van der Waals surface area contributed by atoms with Crippen molar-refractivity contribution in [3.05, 3.63) is 111 Å². The highest BCUT2D eigenvalue weighted by molar-refractivity contribution is 5.80. The number of imidazole rings is 1. The lowest BCUT2D eigenvalue weighted by Crippen LogP contribution is -2.34. The Morgan fingerprint density at radius 2 is 1.58 bits per heavy atom. The number of hydrogen-bond acceptors (Lipinski definition) is 6. The van der Waals surface area contributed by atoms with Gasteiger partial charge in [0, 0.05) is 12.1 Å². The van der Waals surface area contributed by atoms with Crippen molar-refractivity contribution in [3.63, 3.8) is 0 Å². The second-order valence-electron chi connectivity index (χ2n) is 8.33. The summed E-state index contributed by atoms with van der Waals surface area (Å²) in [6.07, 6.45) is 0. The number of nitrogens with zero attached hydrogens (tertiary/aromatic N) is 6. The van der Waals surface area contributed by atoms with Crippen LogP contribution in [-0.4, -0.2) is 39.7 Å². The number of fused-ring (bicyclic) bond motifs is 1. The minimum atomic E-state index is -0.520. The summed E-state index contributed by atoms with van der Waals surface area (Å²) < 4.78 is 2.97. The number of hydrogen-bond donors (Lipinski definition) is 2. The minimum absolute atomic E-state index is 0.278. The minimum Gasteiger partial charge on any atom is -0.318 e. The van der Waals surface area contributed by atoms with Gasteiger partial charge in [-0.1, -0.05) is 66.7 Å². The van der Waals surface area contributed by atoms with Crippen molar-refractivity contribution < 1.29 is 0 Å². The molecule has 0 aliphatic carbocycles. The van der Waals surface area contributed by atoms with Crippen LogP contribution in [0.5, 0.6) is 0 Å². The number of aromatic amines is 2. The second kappa shape index (κ2) is 8.58. The third-order valence-corrected chi connectivity index (χ3v) is 6.13. The van der Waals surface area contributed by atoms with E-state index >= 15 is 0 Å². The number of rotatable bonds is 5. The lowest BCUT2D eigenvalue weighted by molar-refractivity contribution is 0.776. The first-order valence-electron chi connectivity index (χ1n) is 11.3. The van der Waals surface area contributed by atoms with Gasteiger partial charge in [0.05, 0.1) is 5.69 Å². The Hall–Kier alpha value is -5.12. The van der Waals surface area contributed by atoms with Gasteiger partial charge in [-0.25, -0.2) is 14.3 Å². The molecule has 0 saturated carbocycles. The second-order valence-corrected chi connectivity index (χ2v) is 8.33. The predicted molar refractivity (Wildman–Crippen MR) is 135 cm³/mol. The molecule has 10 heteroatoms. The molecular weight excluding hydrogens is 456 g/mol. The van der Waals surface area contributed by atoms with Gasteiger partial charge in [-0.3, -0.25) is 9.78 Å². The summed E-state index contributed by atoms with van der Waals surface area (Å²) in [4.78, 5) is 33.3. The van der Waals surface area contributed by atoms with E-state index < -0.39 is 11.2 Å². The van der Waals surface area contributed by atoms with Crippen molar-refractivity contribution in [1.29, 1.82) is 0 Å². The van der Waals surface area contributed by atoms with Gasteiger partial charge >= 0.3 is 5.69 Å². The summed E-state index contributed by atoms with van der Waals surface area (Å²) in [5.41, 5.74) is 4.04. The molecule has 0 aliphatic heterocycles. The molecule has 3 aromatic carbocycles. The molecule has 0 atom stereocenters. The molecule has 0 unspecified atom stereocenters. The Morgan fingerprint density at radius 3 is 2.31 bits per heavy atom. The highest BCUT2D eigenvalue weighted by Gasteiger charge is 2.17. The SMILES string of the molecule is Cc1nc2[nH]c(=O)n(-c3ccccc3)c(=O)c2n1Cc1ccc(-c2ccccc2-c2nn[nH]n2)cc1. The maximum absolute atomic E-state index is 13.4. The van der Waals surface area contributed by atoms with E-state index in [9.17, 15) is 9.59 Å². The van der Waals surface area contributed by atoms with Gasteiger partial charge in [0.25, 0.3) is 5.56 Å². The smallest absolute Gasteiger partial charge is 0.318 e. The highest BCUT2D eigenvalue weighted by atomic mass is 16.2. The number of H-pyrrole nitrogens is 2. The number of para-hydroxylation sites is 1. The van der Waals surface area contributed by atoms with Crippen molar-refractivity contribution in [3.8, 4) is 28.2 Å². The Bertz CT molecular complexity index is 1800. The summed E-state index contributed by atoms with van der Waals surface area (Å²) in [5, 5.41) is 14.4. The van der Waals surface area contributed by atoms with Gasteiger partial charge in [0.2, 0.25) is 5.82 Å². The standard InChI is InChI=1S/C26H20N8O2/c1-16-27-24-22(25(35)34(26(36)28-24)19-7-3-2-4-8-19)33(16)15-17-11-13-18(14-12-17)20-9-5-6-10-21(20)23-29-31-32-30-23/h2-14H,15H2,1H3,(H,28,36)(H,29,30,31,32). The largest absolute Gasteiger partial charge is 0.334 e. The summed E-state index contributed by atoms with van der Waals surface area (Å²) >= 11 is 0. The van der Waals surface area contributed by atoms with E-state index in [1.807, 2.05) is 66.1 Å². The monoisotopic (exact) mass is 476 g/mol. The molecule has 6 aromatic rings. The average Bonchev–Trinajstić information content (AvgIpc) is 3.54. The first kappa shape index (κ1) is 21.4. The molecule has 0 radical (unpaired) electrons. The fourth-order valence-electron chi connectivity index (χ4n) is 4.41. The van der Waals surface area contributed by atoms with Crippen LogP contribution in [0, 0.1) is 6.92 Å². The molecule has 0 spiro atoms. The van der Waals surface area contributed by atoms with Crippen LogP contribution in [0.1, 0.15) is 11.4 Å². The fraction of sp³-hybridized carbons (Fsp3) is 0.0769. The number of aromatic nitrogens is 8. The van der Waals surface area contributed by atoms with Gasteiger partial charge < -0.3 is 4.57 Å². The van der Waals surface area contributed by atoms with Crippen LogP contribution in [0.25, 0.3) is 39.4 Å². The molecule has 3 aromatic heterocycles. The Morgan fingerprint density at radius 1 is 0.861 bits per heavy atom. The van der Waals surface area contributed by atoms with Crippen LogP contribution in [0.2, 0.25) is 0 Å². The molecule has 0 amide bonds. The first-order valence-corrected chi connectivity index (χ1v) is 11.3. The van der Waals surface area contributed by atoms with Crippen molar-refractivity contribution in [2.45, 2.75) is 13.5 Å². The lowest BCUT2D eigenvalue weighted by Gasteiger charge is -2.10. The molecule has 36 heavy (non-hydrogen) atoms. The van der Waals surface area contributed by atoms with Gasteiger partial charge in [-0.15, -0.1) is 10.2 Å². The van der Waals surface area contributed by atoms with Gasteiger partial charge in [0.1, 0.15) is 5.82 Å². The van der Waals surface area contributed by atoms with Crippen LogP contribution in [-0.2, 0) is 6.54 Å². The van der Waals surface area contributed by atoms with E-state index in [4.69, 9.17) is 0 Å². The maximum atomic E-state index is 13.4. The van der Waals surface area contributed by atoms with E-state index in [0.29, 0.717) is 29.4 Å². The van der Waals surface area contributed by atoms with E-state index in [1.165, 1.54) is 0 Å². The summed E-state index contributed by atoms with van der Waals surface area (Å²) in [6, 6.07) is 24.8. The maximum Gasteiger partial charge on any atom is 0.334 e. The molecule has 0 bridgehead atoms. The van der Waals surface area contributed by atoms with Crippen LogP contribution in [0.4, 0.5) is 0 Å². The van der Waals surface area contributed by atoms with Crippen molar-refractivity contribution in [2.24, 2.45) is 0 Å². The Labute approximate surface area is 203 Å². The van der Waals surface area contributed by atoms with E-state index in [2.05, 4.69) is 30.6 Å². The predicted octanol–water partition coefficient (Wildman–Crippen LogP) is 3.08. The third kappa shape index (κ3) is 3.61. The molecule has 176 valence electrons. The van der Waals surface area contributed by atoms with Gasteiger partial charge in [-0.05, 0) is 41.0 Å². The molecule has 6 rings (SSSR count). The lowest BCUT2D eigenvalue weighted by atomic mass is 9.98. The molecule has 0 aliphatic rings. The molecule has 0 fully saturated rings. The van der Waals surface area contributed by atoms with Gasteiger partial charge in [0.15, 0.2) is 11.2 Å². The molecule has 2 N–H and O–H groups in total. The Balaban J connectivity index is 1.39. The normalized spacial score (nSPS) is 11.2. The van der Waals surface area contributed by atoms with Crippen LogP contribution < -0.4 is 11.2 Å². The zero-order chi connectivity index (χ0) is 24.6. The average molecular weight is 477 g/mol. The number of aryl methyl sites for hydroxylation is 1. The quantitative estimate of drug-likeness (QED) is 0.394. The summed E-state index contributed by atoms with van der Waals surface area (Å²) in [6.45, 7) is 2.24. The van der Waals surface area contributed by atoms with Gasteiger partial charge in [-0.2, -0.15) is 5.21 Å². The van der Waals surface area contributed by atoms with E-state index in [0.717, 1.165) is 26.8 Å². The number of nitrogens with one attached hydrogen (secondary N) is 2. The number of tetrazole rings is 1. The number of benzene rings is 3.